The summed E-state index contributed by atoms with van der Waals surface area (Å²) in [5, 5.41) is 10.5. The fraction of sp³-hybridized carbons (Fsp3) is 0.158. The van der Waals surface area contributed by atoms with Crippen LogP contribution in [0.15, 0.2) is 66.1 Å². The second-order valence-corrected chi connectivity index (χ2v) is 7.46. The molecule has 3 aromatic rings. The Labute approximate surface area is 141 Å². The average Bonchev–Trinajstić information content (AvgIpc) is 2.89. The first-order valence-electron chi connectivity index (χ1n) is 7.66. The number of aliphatic hydroxyl groups excluding tert-OH is 1. The number of fused-ring (bicyclic) bond motifs is 1. The second kappa shape index (κ2) is 6.26. The summed E-state index contributed by atoms with van der Waals surface area (Å²) in [6.45, 7) is 5.41. The van der Waals surface area contributed by atoms with Gasteiger partial charge in [-0.3, -0.25) is 0 Å². The molecule has 1 heterocycles. The Morgan fingerprint density at radius 1 is 1.12 bits per heavy atom. The van der Waals surface area contributed by atoms with Gasteiger partial charge < -0.3 is 5.11 Å². The van der Waals surface area contributed by atoms with Crippen molar-refractivity contribution in [2.45, 2.75) is 24.8 Å². The minimum absolute atomic E-state index is 0.222. The molecule has 24 heavy (non-hydrogen) atoms. The first kappa shape index (κ1) is 16.5. The molecule has 0 bridgehead atoms. The highest BCUT2D eigenvalue weighted by Crippen LogP contribution is 2.31. The molecule has 0 unspecified atom stereocenters. The molecule has 124 valence electrons. The number of aliphatic hydroxyl groups is 1. The third-order valence-corrected chi connectivity index (χ3v) is 5.86. The molecule has 0 radical (unpaired) electrons. The van der Waals surface area contributed by atoms with Gasteiger partial charge in [0.2, 0.25) is 0 Å². The Morgan fingerprint density at radius 2 is 1.79 bits per heavy atom. The van der Waals surface area contributed by atoms with Crippen molar-refractivity contribution in [1.29, 1.82) is 0 Å². The number of benzene rings is 2. The van der Waals surface area contributed by atoms with E-state index in [0.717, 1.165) is 10.9 Å². The van der Waals surface area contributed by atoms with E-state index in [-0.39, 0.29) is 11.5 Å². The molecule has 1 N–H and O–H groups in total. The number of para-hydroxylation sites is 1. The molecule has 0 spiro atoms. The number of rotatable bonds is 5. The summed E-state index contributed by atoms with van der Waals surface area (Å²) in [5.74, 6) is 0. The van der Waals surface area contributed by atoms with Crippen LogP contribution < -0.4 is 0 Å². The van der Waals surface area contributed by atoms with Crippen molar-refractivity contribution >= 4 is 20.9 Å². The lowest BCUT2D eigenvalue weighted by Crippen LogP contribution is -2.16. The quantitative estimate of drug-likeness (QED) is 0.724. The van der Waals surface area contributed by atoms with Crippen molar-refractivity contribution in [2.75, 3.05) is 0 Å². The van der Waals surface area contributed by atoms with Gasteiger partial charge in [-0.1, -0.05) is 42.0 Å². The summed E-state index contributed by atoms with van der Waals surface area (Å²) in [5.41, 5.74) is 2.74. The monoisotopic (exact) mass is 341 g/mol. The summed E-state index contributed by atoms with van der Waals surface area (Å²) in [6.07, 6.45) is 2.00. The number of hydrogen-bond donors (Lipinski definition) is 1. The first-order chi connectivity index (χ1) is 11.5. The highest BCUT2D eigenvalue weighted by atomic mass is 32.2. The zero-order chi connectivity index (χ0) is 17.3. The van der Waals surface area contributed by atoms with Gasteiger partial charge >= 0.3 is 0 Å². The van der Waals surface area contributed by atoms with Gasteiger partial charge in [-0.05, 0) is 25.1 Å². The van der Waals surface area contributed by atoms with E-state index in [2.05, 4.69) is 6.58 Å². The molecular weight excluding hydrogens is 322 g/mol. The minimum atomic E-state index is -3.77. The van der Waals surface area contributed by atoms with Gasteiger partial charge in [0.15, 0.2) is 0 Å². The smallest absolute Gasteiger partial charge is 0.268 e. The van der Waals surface area contributed by atoms with Crippen LogP contribution in [0.2, 0.25) is 0 Å². The summed E-state index contributed by atoms with van der Waals surface area (Å²) in [7, 11) is -3.77. The van der Waals surface area contributed by atoms with E-state index in [0.29, 0.717) is 23.2 Å². The topological polar surface area (TPSA) is 59.3 Å². The summed E-state index contributed by atoms with van der Waals surface area (Å²) < 4.78 is 27.8. The molecule has 0 aliphatic carbocycles. The van der Waals surface area contributed by atoms with Crippen molar-refractivity contribution < 1.29 is 13.5 Å². The van der Waals surface area contributed by atoms with E-state index in [1.165, 1.54) is 3.97 Å². The second-order valence-electron chi connectivity index (χ2n) is 5.68. The standard InChI is InChI=1S/C19H19NO3S/c1-3-6-18-17(13-21)16-7-4-5-8-19(16)20(18)24(22,23)15-11-9-14(2)10-12-15/h3-5,7-12,21H,1,6,13H2,2H3. The molecule has 5 heteroatoms. The van der Waals surface area contributed by atoms with Crippen LogP contribution in [0, 0.1) is 6.92 Å². The third kappa shape index (κ3) is 2.56. The van der Waals surface area contributed by atoms with E-state index in [9.17, 15) is 13.5 Å². The highest BCUT2D eigenvalue weighted by molar-refractivity contribution is 7.90. The first-order valence-corrected chi connectivity index (χ1v) is 9.10. The maximum atomic E-state index is 13.2. The van der Waals surface area contributed by atoms with Crippen LogP contribution in [0.5, 0.6) is 0 Å². The van der Waals surface area contributed by atoms with Crippen LogP contribution in [-0.2, 0) is 23.1 Å². The SMILES string of the molecule is C=CCc1c(CO)c2ccccc2n1S(=O)(=O)c1ccc(C)cc1. The largest absolute Gasteiger partial charge is 0.392 e. The Kier molecular flexibility index (Phi) is 4.30. The maximum absolute atomic E-state index is 13.2. The number of nitrogens with zero attached hydrogens (tertiary/aromatic N) is 1. The number of allylic oxidation sites excluding steroid dienone is 1. The fourth-order valence-corrected chi connectivity index (χ4v) is 4.52. The van der Waals surface area contributed by atoms with Crippen LogP contribution in [0.1, 0.15) is 16.8 Å². The lowest BCUT2D eigenvalue weighted by Gasteiger charge is -2.12. The van der Waals surface area contributed by atoms with E-state index in [1.54, 1.807) is 42.5 Å². The van der Waals surface area contributed by atoms with Crippen molar-refractivity contribution in [3.05, 3.63) is 78.0 Å². The molecule has 0 aliphatic heterocycles. The van der Waals surface area contributed by atoms with Crippen molar-refractivity contribution in [1.82, 2.24) is 3.97 Å². The molecule has 4 nitrogen and oxygen atoms in total. The third-order valence-electron chi connectivity index (χ3n) is 4.10. The Bertz CT molecular complexity index is 999. The summed E-state index contributed by atoms with van der Waals surface area (Å²) in [6, 6.07) is 14.0. The Hall–Kier alpha value is -2.37. The number of hydrogen-bond acceptors (Lipinski definition) is 3. The molecule has 0 aliphatic rings. The lowest BCUT2D eigenvalue weighted by molar-refractivity contribution is 0.282. The molecule has 2 aromatic carbocycles. The van der Waals surface area contributed by atoms with Gasteiger partial charge in [-0.15, -0.1) is 6.58 Å². The molecule has 0 saturated heterocycles. The van der Waals surface area contributed by atoms with Crippen LogP contribution in [-0.4, -0.2) is 17.5 Å². The minimum Gasteiger partial charge on any atom is -0.392 e. The molecule has 1 aromatic heterocycles. The van der Waals surface area contributed by atoms with Gasteiger partial charge in [0, 0.05) is 23.1 Å². The van der Waals surface area contributed by atoms with Gasteiger partial charge in [0.25, 0.3) is 10.0 Å². The van der Waals surface area contributed by atoms with Crippen molar-refractivity contribution in [2.24, 2.45) is 0 Å². The molecule has 3 rings (SSSR count). The molecule has 0 fully saturated rings. The van der Waals surface area contributed by atoms with Gasteiger partial charge in [-0.2, -0.15) is 0 Å². The van der Waals surface area contributed by atoms with E-state index >= 15 is 0 Å². The fourth-order valence-electron chi connectivity index (χ4n) is 2.94. The van der Waals surface area contributed by atoms with Crippen LogP contribution >= 0.6 is 0 Å². The lowest BCUT2D eigenvalue weighted by atomic mass is 10.1. The zero-order valence-corrected chi connectivity index (χ0v) is 14.3. The Morgan fingerprint density at radius 3 is 2.42 bits per heavy atom. The van der Waals surface area contributed by atoms with Gasteiger partial charge in [0.1, 0.15) is 0 Å². The van der Waals surface area contributed by atoms with Gasteiger partial charge in [-0.25, -0.2) is 12.4 Å². The molecule has 0 atom stereocenters. The van der Waals surface area contributed by atoms with Crippen LogP contribution in [0.25, 0.3) is 10.9 Å². The van der Waals surface area contributed by atoms with Crippen molar-refractivity contribution in [3.8, 4) is 0 Å². The molecule has 0 saturated carbocycles. The maximum Gasteiger partial charge on any atom is 0.268 e. The number of aryl methyl sites for hydroxylation is 1. The van der Waals surface area contributed by atoms with Crippen LogP contribution in [0.4, 0.5) is 0 Å². The molecular formula is C19H19NO3S. The van der Waals surface area contributed by atoms with E-state index in [4.69, 9.17) is 0 Å². The highest BCUT2D eigenvalue weighted by Gasteiger charge is 2.25. The van der Waals surface area contributed by atoms with E-state index < -0.39 is 10.0 Å². The normalized spacial score (nSPS) is 11.8. The summed E-state index contributed by atoms with van der Waals surface area (Å²) in [4.78, 5) is 0.226. The summed E-state index contributed by atoms with van der Waals surface area (Å²) >= 11 is 0. The van der Waals surface area contributed by atoms with Crippen LogP contribution in [0.3, 0.4) is 0 Å². The Balaban J connectivity index is 2.37. The average molecular weight is 341 g/mol. The number of aromatic nitrogens is 1. The van der Waals surface area contributed by atoms with E-state index in [1.807, 2.05) is 19.1 Å². The van der Waals surface area contributed by atoms with Gasteiger partial charge in [0.05, 0.1) is 17.0 Å². The molecule has 0 amide bonds. The predicted octanol–water partition coefficient (Wildman–Crippen LogP) is 3.41. The predicted molar refractivity (Wildman–Crippen MR) is 95.5 cm³/mol. The van der Waals surface area contributed by atoms with Crippen molar-refractivity contribution in [3.63, 3.8) is 0 Å². The zero-order valence-electron chi connectivity index (χ0n) is 13.4.